The smallest absolute Gasteiger partial charge is 0.418 e. The number of unbranched alkanes of at least 4 members (excludes halogenated alkanes) is 1. The molecule has 0 aromatic rings. The van der Waals surface area contributed by atoms with Gasteiger partial charge < -0.3 is 43.7 Å². The molecule has 2 aliphatic heterocycles. The van der Waals surface area contributed by atoms with Crippen molar-refractivity contribution in [2.75, 3.05) is 52.4 Å². The van der Waals surface area contributed by atoms with Gasteiger partial charge in [-0.05, 0) is 33.1 Å². The van der Waals surface area contributed by atoms with Gasteiger partial charge in [0.2, 0.25) is 0 Å². The molecule has 1 atom stereocenters. The van der Waals surface area contributed by atoms with Crippen LogP contribution in [0.3, 0.4) is 0 Å². The topological polar surface area (TPSA) is 9.23 Å². The molecule has 0 bridgehead atoms. The molecule has 0 amide bonds. The zero-order chi connectivity index (χ0) is 25.6. The van der Waals surface area contributed by atoms with E-state index in [4.69, 9.17) is 4.74 Å². The average Bonchev–Trinajstić information content (AvgIpc) is 3.35. The first kappa shape index (κ1) is 32.4. The summed E-state index contributed by atoms with van der Waals surface area (Å²) in [4.78, 5) is 0. The Bertz CT molecular complexity index is 473. The normalized spacial score (nSPS) is 20.5. The van der Waals surface area contributed by atoms with Crippen molar-refractivity contribution in [1.82, 2.24) is 0 Å². The fourth-order valence-corrected chi connectivity index (χ4v) is 5.01. The van der Waals surface area contributed by atoms with Crippen LogP contribution in [-0.4, -0.2) is 82.1 Å². The van der Waals surface area contributed by atoms with E-state index >= 15 is 0 Å². The fraction of sp³-hybridized carbons (Fsp3) is 1.00. The van der Waals surface area contributed by atoms with Gasteiger partial charge in [0.05, 0.1) is 52.4 Å². The summed E-state index contributed by atoms with van der Waals surface area (Å²) < 4.78 is 87.1. The van der Waals surface area contributed by atoms with E-state index < -0.39 is 14.5 Å². The number of rotatable bonds is 11. The van der Waals surface area contributed by atoms with Crippen LogP contribution in [0.4, 0.5) is 34.5 Å². The highest BCUT2D eigenvalue weighted by molar-refractivity contribution is 6.50. The summed E-state index contributed by atoms with van der Waals surface area (Å²) in [6.07, 6.45) is 11.2. The van der Waals surface area contributed by atoms with Crippen molar-refractivity contribution in [1.29, 1.82) is 0 Å². The minimum atomic E-state index is -6.00. The molecule has 3 nitrogen and oxygen atoms in total. The summed E-state index contributed by atoms with van der Waals surface area (Å²) >= 11 is 0. The van der Waals surface area contributed by atoms with Gasteiger partial charge in [0.25, 0.3) is 0 Å². The highest BCUT2D eigenvalue weighted by Crippen LogP contribution is 2.27. The maximum atomic E-state index is 9.75. The molecule has 0 aromatic carbocycles. The summed E-state index contributed by atoms with van der Waals surface area (Å²) in [5, 5.41) is 0. The molecule has 2 heterocycles. The summed E-state index contributed by atoms with van der Waals surface area (Å²) in [6.45, 7) is 17.5. The van der Waals surface area contributed by atoms with Crippen molar-refractivity contribution >= 4 is 14.5 Å². The zero-order valence-electron chi connectivity index (χ0n) is 20.4. The maximum Gasteiger partial charge on any atom is 0.673 e. The van der Waals surface area contributed by atoms with Gasteiger partial charge >= 0.3 is 14.5 Å². The van der Waals surface area contributed by atoms with Crippen LogP contribution in [0, 0.1) is 0 Å². The third-order valence-electron chi connectivity index (χ3n) is 6.76. The molecule has 1 unspecified atom stereocenters. The van der Waals surface area contributed by atoms with Crippen molar-refractivity contribution in [2.24, 2.45) is 0 Å². The van der Waals surface area contributed by atoms with Crippen molar-refractivity contribution in [3.05, 3.63) is 0 Å². The minimum Gasteiger partial charge on any atom is -0.418 e. The summed E-state index contributed by atoms with van der Waals surface area (Å²) in [5.41, 5.74) is 0. The number of quaternary nitrogens is 2. The van der Waals surface area contributed by atoms with E-state index in [1.807, 2.05) is 0 Å². The first-order valence-corrected chi connectivity index (χ1v) is 12.3. The molecule has 2 rings (SSSR count). The lowest BCUT2D eigenvalue weighted by Crippen LogP contribution is -2.54. The second-order valence-corrected chi connectivity index (χ2v) is 9.04. The van der Waals surface area contributed by atoms with Gasteiger partial charge in [-0.2, -0.15) is 0 Å². The van der Waals surface area contributed by atoms with E-state index in [-0.39, 0.29) is 0 Å². The van der Waals surface area contributed by atoms with Gasteiger partial charge in [-0.3, -0.25) is 4.48 Å². The van der Waals surface area contributed by atoms with Crippen molar-refractivity contribution in [2.45, 2.75) is 78.4 Å². The van der Waals surface area contributed by atoms with Crippen LogP contribution >= 0.6 is 0 Å². The van der Waals surface area contributed by atoms with Crippen LogP contribution in [0.15, 0.2) is 0 Å². The fourth-order valence-electron chi connectivity index (χ4n) is 5.01. The molecule has 2 fully saturated rings. The van der Waals surface area contributed by atoms with E-state index in [0.29, 0.717) is 6.23 Å². The molecule has 2 saturated heterocycles. The van der Waals surface area contributed by atoms with Crippen molar-refractivity contribution < 1.29 is 48.2 Å². The molecule has 13 heteroatoms. The Kier molecular flexibility index (Phi) is 15.2. The highest BCUT2D eigenvalue weighted by atomic mass is 19.5. The van der Waals surface area contributed by atoms with Crippen LogP contribution < -0.4 is 0 Å². The lowest BCUT2D eigenvalue weighted by molar-refractivity contribution is -0.960. The highest BCUT2D eigenvalue weighted by Gasteiger charge is 2.38. The lowest BCUT2D eigenvalue weighted by atomic mass is 10.2. The first-order chi connectivity index (χ1) is 15.2. The molecule has 0 N–H and O–H groups in total. The van der Waals surface area contributed by atoms with Gasteiger partial charge in [0, 0.05) is 32.1 Å². The van der Waals surface area contributed by atoms with E-state index in [1.54, 1.807) is 0 Å². The van der Waals surface area contributed by atoms with Gasteiger partial charge in [0.1, 0.15) is 0 Å². The average molecular weight is 500 g/mol. The third-order valence-corrected chi connectivity index (χ3v) is 6.76. The largest absolute Gasteiger partial charge is 0.673 e. The number of hydrogen-bond acceptors (Lipinski definition) is 1. The van der Waals surface area contributed by atoms with Crippen LogP contribution in [-0.2, 0) is 4.74 Å². The Labute approximate surface area is 194 Å². The van der Waals surface area contributed by atoms with E-state index in [2.05, 4.69) is 20.8 Å². The standard InChI is InChI=1S/C20H42N2O.2BF4/c1-4-13-20(22(6-3)17-9-10-18-22)23-19-12-11-16-21(5-2)14-7-8-15-21;2*2-1(3,4)5/h20H,4-19H2,1-3H3;;/q+2;2*-1. The predicted octanol–water partition coefficient (Wildman–Crippen LogP) is 6.77. The molecule has 0 radical (unpaired) electrons. The second-order valence-electron chi connectivity index (χ2n) is 9.04. The Morgan fingerprint density at radius 1 is 0.697 bits per heavy atom. The zero-order valence-corrected chi connectivity index (χ0v) is 20.4. The van der Waals surface area contributed by atoms with Crippen LogP contribution in [0.5, 0.6) is 0 Å². The number of halogens is 8. The summed E-state index contributed by atoms with van der Waals surface area (Å²) in [7, 11) is -12.0. The van der Waals surface area contributed by atoms with Crippen LogP contribution in [0.1, 0.15) is 72.1 Å². The van der Waals surface area contributed by atoms with Gasteiger partial charge in [-0.1, -0.05) is 6.92 Å². The number of likely N-dealkylation sites (tertiary alicyclic amines) is 2. The molecule has 2 aliphatic rings. The maximum absolute atomic E-state index is 9.75. The summed E-state index contributed by atoms with van der Waals surface area (Å²) in [6, 6.07) is 0. The number of ether oxygens (including phenoxy) is 1. The van der Waals surface area contributed by atoms with E-state index in [0.717, 1.165) is 6.61 Å². The van der Waals surface area contributed by atoms with E-state index in [9.17, 15) is 34.5 Å². The Hall–Kier alpha value is -0.550. The van der Waals surface area contributed by atoms with E-state index in [1.165, 1.54) is 106 Å². The number of nitrogens with zero attached hydrogens (tertiary/aromatic N) is 2. The Morgan fingerprint density at radius 3 is 1.55 bits per heavy atom. The van der Waals surface area contributed by atoms with Crippen LogP contribution in [0.25, 0.3) is 0 Å². The van der Waals surface area contributed by atoms with Gasteiger partial charge in [-0.15, -0.1) is 0 Å². The number of hydrogen-bond donors (Lipinski definition) is 0. The van der Waals surface area contributed by atoms with Gasteiger partial charge in [-0.25, -0.2) is 0 Å². The molecule has 0 saturated carbocycles. The molecular formula is C20H42B2F8N2O. The quantitative estimate of drug-likeness (QED) is 0.132. The van der Waals surface area contributed by atoms with Gasteiger partial charge in [0.15, 0.2) is 6.23 Å². The first-order valence-electron chi connectivity index (χ1n) is 12.3. The monoisotopic (exact) mass is 500 g/mol. The minimum absolute atomic E-state index is 0.466. The SMILES string of the molecule is CCCC(OCCCC[N+]1(CC)CCCC1)[N+]1(CC)CCCC1.F[B-](F)(F)F.F[B-](F)(F)F. The van der Waals surface area contributed by atoms with Crippen molar-refractivity contribution in [3.8, 4) is 0 Å². The Morgan fingerprint density at radius 2 is 1.15 bits per heavy atom. The summed E-state index contributed by atoms with van der Waals surface area (Å²) in [5.74, 6) is 0. The Balaban J connectivity index is 0.000000859. The molecule has 200 valence electrons. The lowest BCUT2D eigenvalue weighted by Gasteiger charge is -2.40. The molecule has 33 heavy (non-hydrogen) atoms. The van der Waals surface area contributed by atoms with Crippen LogP contribution in [0.2, 0.25) is 0 Å². The van der Waals surface area contributed by atoms with Crippen molar-refractivity contribution in [3.63, 3.8) is 0 Å². The molecule has 0 aliphatic carbocycles. The molecule has 0 aromatic heterocycles. The molecule has 0 spiro atoms. The molecular weight excluding hydrogens is 458 g/mol. The predicted molar refractivity (Wildman–Crippen MR) is 119 cm³/mol. The second kappa shape index (κ2) is 15.4. The third kappa shape index (κ3) is 15.9.